The number of rotatable bonds is 3. The summed E-state index contributed by atoms with van der Waals surface area (Å²) < 4.78 is 3.92. The third-order valence-corrected chi connectivity index (χ3v) is 0.636. The fourth-order valence-electron chi connectivity index (χ4n) is 0.0417. The van der Waals surface area contributed by atoms with Gasteiger partial charge < -0.3 is 9.54 Å². The highest BCUT2D eigenvalue weighted by Gasteiger charge is 1.55. The van der Waals surface area contributed by atoms with E-state index in [0.717, 1.165) is 5.64 Å². The SMILES string of the molecule is [O-]NOO[S-](=S)=S. The highest BCUT2D eigenvalue weighted by atomic mass is 33.1. The molecule has 0 radical (unpaired) electrons. The Kier molecular flexibility index (Phi) is 5.21. The van der Waals surface area contributed by atoms with Crippen LogP contribution in [-0.4, -0.2) is 0 Å². The van der Waals surface area contributed by atoms with Crippen LogP contribution in [-0.2, 0) is 40.0 Å². The predicted molar refractivity (Wildman–Crippen MR) is 30.8 cm³/mol. The van der Waals surface area contributed by atoms with E-state index in [1.807, 2.05) is 0 Å². The van der Waals surface area contributed by atoms with Crippen LogP contribution in [0.2, 0.25) is 0 Å². The van der Waals surface area contributed by atoms with E-state index < -0.39 is 8.29 Å². The van der Waals surface area contributed by atoms with Crippen LogP contribution in [0.1, 0.15) is 0 Å². The molecule has 0 saturated carbocycles. The lowest BCUT2D eigenvalue weighted by Crippen LogP contribution is -2.03. The zero-order valence-electron chi connectivity index (χ0n) is 2.95. The summed E-state index contributed by atoms with van der Waals surface area (Å²) in [6, 6.07) is 0. The lowest BCUT2D eigenvalue weighted by molar-refractivity contribution is -0.231. The summed E-state index contributed by atoms with van der Waals surface area (Å²) in [5, 5.41) is 9.15. The van der Waals surface area contributed by atoms with Gasteiger partial charge >= 0.3 is 0 Å². The third kappa shape index (κ3) is 6.63. The van der Waals surface area contributed by atoms with Crippen LogP contribution >= 0.6 is 0 Å². The van der Waals surface area contributed by atoms with Gasteiger partial charge in [0.2, 0.25) is 0 Å². The zero-order valence-corrected chi connectivity index (χ0v) is 5.40. The van der Waals surface area contributed by atoms with Crippen LogP contribution in [0.4, 0.5) is 0 Å². The molecule has 0 aromatic carbocycles. The second-order valence-corrected chi connectivity index (χ2v) is 3.43. The van der Waals surface area contributed by atoms with Gasteiger partial charge in [0, 0.05) is 0 Å². The lowest BCUT2D eigenvalue weighted by Gasteiger charge is -2.08. The van der Waals surface area contributed by atoms with Crippen LogP contribution in [0, 0.1) is 5.21 Å². The van der Waals surface area contributed by atoms with Crippen molar-refractivity contribution in [3.63, 3.8) is 0 Å². The van der Waals surface area contributed by atoms with Crippen LogP contribution in [0.25, 0.3) is 0 Å². The van der Waals surface area contributed by atoms with Crippen molar-refractivity contribution in [3.05, 3.63) is 5.21 Å². The van der Waals surface area contributed by atoms with Crippen molar-refractivity contribution in [1.82, 2.24) is 5.64 Å². The summed E-state index contributed by atoms with van der Waals surface area (Å²) in [7, 11) is -1.13. The zero-order chi connectivity index (χ0) is 5.70. The van der Waals surface area contributed by atoms with Gasteiger partial charge in [-0.15, -0.1) is 0 Å². The Morgan fingerprint density at radius 2 is 2.14 bits per heavy atom. The molecule has 0 amide bonds. The summed E-state index contributed by atoms with van der Waals surface area (Å²) in [5.41, 5.74) is 1.00. The first kappa shape index (κ1) is 7.63. The molecule has 0 unspecified atom stereocenters. The molecule has 0 bridgehead atoms. The predicted octanol–water partition coefficient (Wildman–Crippen LogP) is -0.606. The largest absolute Gasteiger partial charge is 0.763 e. The van der Waals surface area contributed by atoms with E-state index in [9.17, 15) is 0 Å². The van der Waals surface area contributed by atoms with Gasteiger partial charge in [-0.25, -0.2) is 28.0 Å². The summed E-state index contributed by atoms with van der Waals surface area (Å²) in [5.74, 6) is 0. The molecule has 44 valence electrons. The maximum Gasteiger partial charge on any atom is -0.176 e. The minimum atomic E-state index is -1.13. The molecule has 0 aromatic rings. The second kappa shape index (κ2) is 4.78. The standard InChI is InChI=1S/HNO3S3/c2-1-3-4-7(5)6/h1H/q-2. The van der Waals surface area contributed by atoms with E-state index in [-0.39, 0.29) is 0 Å². The first-order valence-electron chi connectivity index (χ1n) is 1.07. The average molecular weight is 159 g/mol. The highest BCUT2D eigenvalue weighted by molar-refractivity contribution is 8.44. The normalized spacial score (nSPS) is 10.0. The van der Waals surface area contributed by atoms with E-state index in [1.54, 1.807) is 0 Å². The molecule has 7 heavy (non-hydrogen) atoms. The van der Waals surface area contributed by atoms with Crippen molar-refractivity contribution in [2.45, 2.75) is 0 Å². The van der Waals surface area contributed by atoms with Crippen LogP contribution in [0.3, 0.4) is 0 Å². The molecule has 0 heterocycles. The van der Waals surface area contributed by atoms with E-state index in [0.29, 0.717) is 0 Å². The second-order valence-electron chi connectivity index (χ2n) is 0.439. The van der Waals surface area contributed by atoms with Crippen molar-refractivity contribution in [1.29, 1.82) is 0 Å². The average Bonchev–Trinajstić information content (AvgIpc) is 1.61. The van der Waals surface area contributed by atoms with Crippen molar-refractivity contribution in [2.75, 3.05) is 0 Å². The smallest absolute Gasteiger partial charge is 0.176 e. The van der Waals surface area contributed by atoms with Gasteiger partial charge in [0.25, 0.3) is 0 Å². The molecule has 0 aromatic heterocycles. The van der Waals surface area contributed by atoms with Crippen molar-refractivity contribution >= 4 is 30.7 Å². The van der Waals surface area contributed by atoms with Gasteiger partial charge in [0.15, 0.2) is 0 Å². The topological polar surface area (TPSA) is 53.5 Å². The van der Waals surface area contributed by atoms with E-state index >= 15 is 0 Å². The van der Waals surface area contributed by atoms with E-state index in [1.165, 1.54) is 0 Å². The fraction of sp³-hybridized carbons (Fsp3) is 0. The Balaban J connectivity index is 2.98. The number of nitrogens with one attached hydrogen (secondary N) is 1. The molecule has 4 nitrogen and oxygen atoms in total. The van der Waals surface area contributed by atoms with Gasteiger partial charge in [-0.05, 0) is 0 Å². The first-order chi connectivity index (χ1) is 3.27. The molecule has 0 aliphatic heterocycles. The Bertz CT molecular complexity index is 88.4. The summed E-state index contributed by atoms with van der Waals surface area (Å²) in [6.07, 6.45) is 0. The maximum absolute atomic E-state index is 9.15. The van der Waals surface area contributed by atoms with Gasteiger partial charge in [0.1, 0.15) is 0 Å². The molecule has 1 N–H and O–H groups in total. The Morgan fingerprint density at radius 3 is 2.29 bits per heavy atom. The molecule has 0 spiro atoms. The van der Waals surface area contributed by atoms with Crippen LogP contribution in [0.5, 0.6) is 0 Å². The Labute approximate surface area is 51.3 Å². The van der Waals surface area contributed by atoms with Gasteiger partial charge in [-0.3, -0.25) is 0 Å². The maximum atomic E-state index is 9.15. The molecule has 7 heteroatoms. The summed E-state index contributed by atoms with van der Waals surface area (Å²) in [4.78, 5) is 3.59. The van der Waals surface area contributed by atoms with Crippen molar-refractivity contribution in [2.24, 2.45) is 0 Å². The minimum absolute atomic E-state index is 1.00. The molecule has 0 fully saturated rings. The molecular weight excluding hydrogens is 158 g/mol. The monoisotopic (exact) mass is 159 g/mol. The Hall–Kier alpha value is 0.630. The highest BCUT2D eigenvalue weighted by Crippen LogP contribution is 1.69. The number of hydrogen-bond acceptors (Lipinski definition) is 7. The fourth-order valence-corrected chi connectivity index (χ4v) is 0.292. The third-order valence-electron chi connectivity index (χ3n) is 0.124. The summed E-state index contributed by atoms with van der Waals surface area (Å²) in [6.45, 7) is 0. The molecule has 0 aliphatic rings. The first-order valence-corrected chi connectivity index (χ1v) is 4.07. The van der Waals surface area contributed by atoms with Gasteiger partial charge in [0.05, 0.1) is 0 Å². The molecule has 0 atom stereocenters. The number of hydrogen-bond donors (Lipinski definition) is 1. The molecule has 0 rings (SSSR count). The van der Waals surface area contributed by atoms with E-state index in [2.05, 4.69) is 31.7 Å². The molecule has 0 saturated heterocycles. The molecular formula is HNO3S3-2. The lowest BCUT2D eigenvalue weighted by atomic mass is 13.2. The van der Waals surface area contributed by atoms with E-state index in [4.69, 9.17) is 5.21 Å². The van der Waals surface area contributed by atoms with Gasteiger partial charge in [-0.2, -0.15) is 13.3 Å². The molecule has 0 aliphatic carbocycles. The Morgan fingerprint density at radius 1 is 1.57 bits per heavy atom. The van der Waals surface area contributed by atoms with Crippen LogP contribution < -0.4 is 5.64 Å². The summed E-state index contributed by atoms with van der Waals surface area (Å²) >= 11 is 8.52. The van der Waals surface area contributed by atoms with Crippen LogP contribution in [0.15, 0.2) is 0 Å². The quantitative estimate of drug-likeness (QED) is 0.337. The van der Waals surface area contributed by atoms with Crippen molar-refractivity contribution < 1.29 is 9.32 Å². The van der Waals surface area contributed by atoms with Crippen molar-refractivity contribution in [3.8, 4) is 0 Å². The minimum Gasteiger partial charge on any atom is -0.763 e. The van der Waals surface area contributed by atoms with Gasteiger partial charge in [-0.1, -0.05) is 0 Å².